The predicted molar refractivity (Wildman–Crippen MR) is 70.7 cm³/mol. The van der Waals surface area contributed by atoms with E-state index in [1.807, 2.05) is 26.4 Å². The third-order valence-corrected chi connectivity index (χ3v) is 4.03. The van der Waals surface area contributed by atoms with Crippen molar-refractivity contribution in [1.29, 1.82) is 0 Å². The number of hydrogen-bond donors (Lipinski definition) is 1. The number of hydrogen-bond acceptors (Lipinski definition) is 2. The Morgan fingerprint density at radius 1 is 1.35 bits per heavy atom. The fraction of sp³-hybridized carbons (Fsp3) is 0.786. The van der Waals surface area contributed by atoms with Gasteiger partial charge < -0.3 is 10.3 Å². The molecular formula is C14H25N3. The van der Waals surface area contributed by atoms with E-state index >= 15 is 0 Å². The van der Waals surface area contributed by atoms with E-state index in [1.54, 1.807) is 0 Å². The van der Waals surface area contributed by atoms with Crippen LogP contribution in [0.2, 0.25) is 0 Å². The lowest BCUT2D eigenvalue weighted by molar-refractivity contribution is 0.189. The van der Waals surface area contributed by atoms with E-state index in [2.05, 4.69) is 23.4 Å². The third kappa shape index (κ3) is 2.71. The summed E-state index contributed by atoms with van der Waals surface area (Å²) in [6, 6.07) is 0.586. The van der Waals surface area contributed by atoms with Gasteiger partial charge in [-0.3, -0.25) is 0 Å². The summed E-state index contributed by atoms with van der Waals surface area (Å²) in [6.45, 7) is 8.83. The first-order valence-electron chi connectivity index (χ1n) is 6.61. The summed E-state index contributed by atoms with van der Waals surface area (Å²) in [7, 11) is 0. The van der Waals surface area contributed by atoms with Gasteiger partial charge in [-0.05, 0) is 44.9 Å². The van der Waals surface area contributed by atoms with Crippen LogP contribution in [-0.2, 0) is 5.54 Å². The van der Waals surface area contributed by atoms with Gasteiger partial charge in [0.25, 0.3) is 0 Å². The minimum atomic E-state index is -0.302. The second-order valence-electron chi connectivity index (χ2n) is 6.80. The molecule has 0 radical (unpaired) electrons. The van der Waals surface area contributed by atoms with E-state index in [1.165, 1.54) is 25.7 Å². The number of imidazole rings is 1. The molecule has 96 valence electrons. The lowest BCUT2D eigenvalue weighted by Gasteiger charge is -2.36. The molecule has 3 heteroatoms. The van der Waals surface area contributed by atoms with E-state index in [4.69, 9.17) is 5.73 Å². The zero-order valence-electron chi connectivity index (χ0n) is 11.5. The predicted octanol–water partition coefficient (Wildman–Crippen LogP) is 3.22. The summed E-state index contributed by atoms with van der Waals surface area (Å²) >= 11 is 0. The molecule has 1 aliphatic carbocycles. The maximum absolute atomic E-state index is 6.20. The van der Waals surface area contributed by atoms with Gasteiger partial charge in [-0.15, -0.1) is 0 Å². The Kier molecular flexibility index (Phi) is 3.06. The monoisotopic (exact) mass is 235 g/mol. The molecule has 2 rings (SSSR count). The van der Waals surface area contributed by atoms with Crippen LogP contribution in [0.15, 0.2) is 12.5 Å². The van der Waals surface area contributed by atoms with Gasteiger partial charge in [0.05, 0.1) is 17.6 Å². The molecule has 0 bridgehead atoms. The van der Waals surface area contributed by atoms with Crippen LogP contribution in [0, 0.1) is 5.41 Å². The minimum Gasteiger partial charge on any atom is -0.330 e. The lowest BCUT2D eigenvalue weighted by atomic mass is 9.75. The first kappa shape index (κ1) is 12.6. The molecule has 1 aliphatic rings. The Morgan fingerprint density at radius 3 is 2.47 bits per heavy atom. The van der Waals surface area contributed by atoms with Crippen molar-refractivity contribution in [3.63, 3.8) is 0 Å². The highest BCUT2D eigenvalue weighted by Gasteiger charge is 2.30. The molecule has 0 unspecified atom stereocenters. The molecule has 1 heterocycles. The molecule has 0 saturated heterocycles. The zero-order valence-corrected chi connectivity index (χ0v) is 11.5. The highest BCUT2D eigenvalue weighted by molar-refractivity contribution is 5.11. The molecule has 1 fully saturated rings. The first-order chi connectivity index (χ1) is 7.80. The van der Waals surface area contributed by atoms with Crippen LogP contribution in [0.25, 0.3) is 0 Å². The summed E-state index contributed by atoms with van der Waals surface area (Å²) in [5.41, 5.74) is 7.56. The molecule has 0 atom stereocenters. The zero-order chi connectivity index (χ0) is 12.7. The van der Waals surface area contributed by atoms with Crippen molar-refractivity contribution < 1.29 is 0 Å². The van der Waals surface area contributed by atoms with Gasteiger partial charge in [-0.25, -0.2) is 4.98 Å². The summed E-state index contributed by atoms with van der Waals surface area (Å²) < 4.78 is 2.30. The normalized spacial score (nSPS) is 21.7. The molecule has 0 spiro atoms. The average molecular weight is 235 g/mol. The number of aromatic nitrogens is 2. The molecular weight excluding hydrogens is 210 g/mol. The Bertz CT molecular complexity index is 374. The Balaban J connectivity index is 2.17. The van der Waals surface area contributed by atoms with Gasteiger partial charge in [-0.1, -0.05) is 13.8 Å². The highest BCUT2D eigenvalue weighted by Crippen LogP contribution is 2.41. The van der Waals surface area contributed by atoms with Crippen LogP contribution in [0.4, 0.5) is 0 Å². The molecule has 0 aliphatic heterocycles. The Hall–Kier alpha value is -0.830. The number of nitrogens with zero attached hydrogens (tertiary/aromatic N) is 2. The average Bonchev–Trinajstić information content (AvgIpc) is 2.65. The third-order valence-electron chi connectivity index (χ3n) is 4.03. The fourth-order valence-corrected chi connectivity index (χ4v) is 2.76. The summed E-state index contributed by atoms with van der Waals surface area (Å²) in [5, 5.41) is 0. The number of nitrogens with two attached hydrogens (primary N) is 1. The number of rotatable bonds is 2. The first-order valence-corrected chi connectivity index (χ1v) is 6.61. The maximum Gasteiger partial charge on any atom is 0.0951 e. The van der Waals surface area contributed by atoms with Gasteiger partial charge in [-0.2, -0.15) is 0 Å². The van der Waals surface area contributed by atoms with E-state index < -0.39 is 0 Å². The van der Waals surface area contributed by atoms with E-state index in [0.29, 0.717) is 11.5 Å². The summed E-state index contributed by atoms with van der Waals surface area (Å²) in [4.78, 5) is 4.28. The van der Waals surface area contributed by atoms with Crippen molar-refractivity contribution in [2.75, 3.05) is 0 Å². The maximum atomic E-state index is 6.20. The van der Waals surface area contributed by atoms with Crippen LogP contribution in [0.3, 0.4) is 0 Å². The largest absolute Gasteiger partial charge is 0.330 e. The van der Waals surface area contributed by atoms with Gasteiger partial charge in [0.1, 0.15) is 0 Å². The summed E-state index contributed by atoms with van der Waals surface area (Å²) in [5.74, 6) is 0. The SMILES string of the molecule is CC1(C)CCC(n2cncc2C(C)(C)N)CC1. The van der Waals surface area contributed by atoms with Crippen LogP contribution in [-0.4, -0.2) is 9.55 Å². The highest BCUT2D eigenvalue weighted by atomic mass is 15.1. The standard InChI is InChI=1S/C14H25N3/c1-13(2)7-5-11(6-8-13)17-10-16-9-12(17)14(3,4)15/h9-11H,5-8,15H2,1-4H3. The van der Waals surface area contributed by atoms with Crippen LogP contribution >= 0.6 is 0 Å². The van der Waals surface area contributed by atoms with Gasteiger partial charge in [0.2, 0.25) is 0 Å². The molecule has 3 nitrogen and oxygen atoms in total. The topological polar surface area (TPSA) is 43.8 Å². The van der Waals surface area contributed by atoms with Crippen LogP contribution in [0.5, 0.6) is 0 Å². The molecule has 2 N–H and O–H groups in total. The van der Waals surface area contributed by atoms with Crippen molar-refractivity contribution >= 4 is 0 Å². The van der Waals surface area contributed by atoms with Crippen LogP contribution < -0.4 is 5.73 Å². The van der Waals surface area contributed by atoms with Crippen molar-refractivity contribution in [3.8, 4) is 0 Å². The molecule has 1 aromatic rings. The second kappa shape index (κ2) is 4.13. The lowest BCUT2D eigenvalue weighted by Crippen LogP contribution is -2.33. The quantitative estimate of drug-likeness (QED) is 0.855. The fourth-order valence-electron chi connectivity index (χ4n) is 2.76. The van der Waals surface area contributed by atoms with Crippen LogP contribution in [0.1, 0.15) is 65.1 Å². The summed E-state index contributed by atoms with van der Waals surface area (Å²) in [6.07, 6.45) is 8.94. The Morgan fingerprint density at radius 2 is 1.94 bits per heavy atom. The Labute approximate surface area is 104 Å². The van der Waals surface area contributed by atoms with Crippen molar-refractivity contribution in [1.82, 2.24) is 9.55 Å². The van der Waals surface area contributed by atoms with Crippen molar-refractivity contribution in [2.45, 2.75) is 65.0 Å². The van der Waals surface area contributed by atoms with Gasteiger partial charge in [0.15, 0.2) is 0 Å². The van der Waals surface area contributed by atoms with Crippen molar-refractivity contribution in [2.24, 2.45) is 11.1 Å². The van der Waals surface area contributed by atoms with Crippen molar-refractivity contribution in [3.05, 3.63) is 18.2 Å². The minimum absolute atomic E-state index is 0.302. The molecule has 0 aromatic carbocycles. The van der Waals surface area contributed by atoms with E-state index in [0.717, 1.165) is 5.69 Å². The van der Waals surface area contributed by atoms with Gasteiger partial charge >= 0.3 is 0 Å². The smallest absolute Gasteiger partial charge is 0.0951 e. The molecule has 1 aromatic heterocycles. The van der Waals surface area contributed by atoms with E-state index in [9.17, 15) is 0 Å². The molecule has 1 saturated carbocycles. The molecule has 0 amide bonds. The second-order valence-corrected chi connectivity index (χ2v) is 6.80. The molecule has 17 heavy (non-hydrogen) atoms. The van der Waals surface area contributed by atoms with Gasteiger partial charge in [0, 0.05) is 12.2 Å². The van der Waals surface area contributed by atoms with E-state index in [-0.39, 0.29) is 5.54 Å².